The fourth-order valence-corrected chi connectivity index (χ4v) is 0.897. The summed E-state index contributed by atoms with van der Waals surface area (Å²) in [6, 6.07) is 0. The van der Waals surface area contributed by atoms with Crippen LogP contribution in [0, 0.1) is 0 Å². The molecule has 0 aliphatic carbocycles. The van der Waals surface area contributed by atoms with Crippen LogP contribution in [0.1, 0.15) is 32.6 Å². The lowest BCUT2D eigenvalue weighted by Gasteiger charge is -1.95. The zero-order chi connectivity index (χ0) is 8.69. The lowest BCUT2D eigenvalue weighted by molar-refractivity contribution is -0.123. The highest BCUT2D eigenvalue weighted by Crippen LogP contribution is 1.99. The maximum Gasteiger partial charge on any atom is 0.134 e. The van der Waals surface area contributed by atoms with Gasteiger partial charge in [0.2, 0.25) is 0 Å². The third-order valence-corrected chi connectivity index (χ3v) is 1.64. The summed E-state index contributed by atoms with van der Waals surface area (Å²) < 4.78 is 0. The Kier molecular flexibility index (Phi) is 6.13. The fraction of sp³-hybridized carbons (Fsp3) is 0.750. The zero-order valence-electron chi connectivity index (χ0n) is 6.73. The van der Waals surface area contributed by atoms with E-state index in [0.717, 1.165) is 0 Å². The first kappa shape index (κ1) is 10.6. The van der Waals surface area contributed by atoms with Crippen molar-refractivity contribution in [2.24, 2.45) is 0 Å². The summed E-state index contributed by atoms with van der Waals surface area (Å²) in [5.74, 6) is 0.591. The normalized spacial score (nSPS) is 9.64. The Balaban J connectivity index is 3.38. The minimum atomic E-state index is 0.0850. The summed E-state index contributed by atoms with van der Waals surface area (Å²) in [6.45, 7) is 1.80. The Labute approximate surface area is 71.9 Å². The van der Waals surface area contributed by atoms with Gasteiger partial charge in [0.15, 0.2) is 0 Å². The van der Waals surface area contributed by atoms with Crippen LogP contribution in [0.4, 0.5) is 0 Å². The number of halogens is 1. The fourth-order valence-electron chi connectivity index (χ4n) is 0.686. The van der Waals surface area contributed by atoms with Crippen molar-refractivity contribution in [1.29, 1.82) is 0 Å². The van der Waals surface area contributed by atoms with Gasteiger partial charge < -0.3 is 0 Å². The molecule has 0 spiro atoms. The summed E-state index contributed by atoms with van der Waals surface area (Å²) in [7, 11) is 0. The Hall–Kier alpha value is -0.370. The number of hydrogen-bond donors (Lipinski definition) is 0. The number of ketones is 2. The molecule has 0 aromatic carbocycles. The van der Waals surface area contributed by atoms with E-state index in [4.69, 9.17) is 11.6 Å². The van der Waals surface area contributed by atoms with Crippen LogP contribution in [0.3, 0.4) is 0 Å². The molecular formula is C8H13ClO2. The van der Waals surface area contributed by atoms with Gasteiger partial charge in [0.25, 0.3) is 0 Å². The monoisotopic (exact) mass is 176 g/mol. The van der Waals surface area contributed by atoms with Crippen molar-refractivity contribution in [3.05, 3.63) is 0 Å². The van der Waals surface area contributed by atoms with Crippen LogP contribution in [-0.2, 0) is 9.59 Å². The maximum absolute atomic E-state index is 10.8. The average Bonchev–Trinajstić information content (AvgIpc) is 2.01. The van der Waals surface area contributed by atoms with E-state index in [-0.39, 0.29) is 11.6 Å². The molecule has 0 aromatic heterocycles. The third kappa shape index (κ3) is 6.05. The molecule has 0 fully saturated rings. The van der Waals surface area contributed by atoms with Crippen LogP contribution in [0.15, 0.2) is 0 Å². The molecule has 64 valence electrons. The molecule has 0 rings (SSSR count). The van der Waals surface area contributed by atoms with Crippen LogP contribution >= 0.6 is 11.6 Å². The van der Waals surface area contributed by atoms with Gasteiger partial charge in [-0.15, -0.1) is 11.6 Å². The van der Waals surface area contributed by atoms with Gasteiger partial charge >= 0.3 is 0 Å². The van der Waals surface area contributed by atoms with Crippen LogP contribution < -0.4 is 0 Å². The van der Waals surface area contributed by atoms with Crippen molar-refractivity contribution in [3.8, 4) is 0 Å². The molecule has 0 atom stereocenters. The molecule has 0 N–H and O–H groups in total. The summed E-state index contributed by atoms with van der Waals surface area (Å²) >= 11 is 5.34. The highest BCUT2D eigenvalue weighted by Gasteiger charge is 2.03. The quantitative estimate of drug-likeness (QED) is 0.580. The molecule has 11 heavy (non-hydrogen) atoms. The van der Waals surface area contributed by atoms with Crippen LogP contribution in [0.2, 0.25) is 0 Å². The molecule has 0 unspecified atom stereocenters. The van der Waals surface area contributed by atoms with E-state index in [1.807, 2.05) is 0 Å². The summed E-state index contributed by atoms with van der Waals surface area (Å²) in [5, 5.41) is 0. The molecule has 0 amide bonds. The first-order valence-electron chi connectivity index (χ1n) is 3.80. The highest BCUT2D eigenvalue weighted by atomic mass is 35.5. The second kappa shape index (κ2) is 6.35. The molecule has 0 aliphatic heterocycles. The summed E-state index contributed by atoms with van der Waals surface area (Å²) in [4.78, 5) is 21.6. The topological polar surface area (TPSA) is 34.1 Å². The number of carbonyl (C=O) groups excluding carboxylic acids is 2. The molecule has 0 saturated carbocycles. The minimum Gasteiger partial charge on any atom is -0.300 e. The van der Waals surface area contributed by atoms with Gasteiger partial charge in [-0.3, -0.25) is 9.59 Å². The van der Waals surface area contributed by atoms with Gasteiger partial charge in [-0.2, -0.15) is 0 Å². The molecule has 0 heterocycles. The Morgan fingerprint density at radius 3 is 2.09 bits per heavy atom. The van der Waals surface area contributed by atoms with Gasteiger partial charge in [-0.1, -0.05) is 6.92 Å². The molecule has 0 saturated heterocycles. The van der Waals surface area contributed by atoms with E-state index in [1.54, 1.807) is 6.92 Å². The highest BCUT2D eigenvalue weighted by molar-refractivity contribution is 6.19. The molecule has 0 aliphatic rings. The third-order valence-electron chi connectivity index (χ3n) is 1.45. The van der Waals surface area contributed by atoms with E-state index < -0.39 is 0 Å². The van der Waals surface area contributed by atoms with Crippen molar-refractivity contribution in [3.63, 3.8) is 0 Å². The number of alkyl halides is 1. The van der Waals surface area contributed by atoms with Gasteiger partial charge in [0, 0.05) is 31.6 Å². The van der Waals surface area contributed by atoms with Gasteiger partial charge in [-0.25, -0.2) is 0 Å². The van der Waals surface area contributed by atoms with Crippen LogP contribution in [0.5, 0.6) is 0 Å². The van der Waals surface area contributed by atoms with E-state index >= 15 is 0 Å². The first-order valence-corrected chi connectivity index (χ1v) is 4.33. The van der Waals surface area contributed by atoms with Crippen molar-refractivity contribution in [1.82, 2.24) is 0 Å². The van der Waals surface area contributed by atoms with Crippen molar-refractivity contribution < 1.29 is 9.59 Å². The van der Waals surface area contributed by atoms with Crippen molar-refractivity contribution in [2.45, 2.75) is 32.6 Å². The lowest BCUT2D eigenvalue weighted by Crippen LogP contribution is -2.03. The molecule has 0 aromatic rings. The van der Waals surface area contributed by atoms with Crippen molar-refractivity contribution in [2.75, 3.05) is 5.88 Å². The number of hydrogen-bond acceptors (Lipinski definition) is 2. The SMILES string of the molecule is CCC(=O)CCC(=O)CCCl. The Morgan fingerprint density at radius 1 is 1.09 bits per heavy atom. The summed E-state index contributed by atoms with van der Waals surface area (Å²) in [6.07, 6.45) is 1.65. The minimum absolute atomic E-state index is 0.0850. The van der Waals surface area contributed by atoms with E-state index in [1.165, 1.54) is 0 Å². The number of Topliss-reactive ketones (excluding diaryl/α,β-unsaturated/α-hetero) is 2. The van der Waals surface area contributed by atoms with Gasteiger partial charge in [0.05, 0.1) is 0 Å². The van der Waals surface area contributed by atoms with E-state index in [0.29, 0.717) is 31.6 Å². The molecular weight excluding hydrogens is 164 g/mol. The Bertz CT molecular complexity index is 143. The standard InChI is InChI=1S/C8H13ClO2/c1-2-7(10)3-4-8(11)5-6-9/h2-6H2,1H3. The molecule has 0 radical (unpaired) electrons. The largest absolute Gasteiger partial charge is 0.300 e. The molecule has 3 heteroatoms. The predicted molar refractivity (Wildman–Crippen MR) is 44.9 cm³/mol. The maximum atomic E-state index is 10.8. The van der Waals surface area contributed by atoms with Crippen molar-refractivity contribution >= 4 is 23.2 Å². The zero-order valence-corrected chi connectivity index (χ0v) is 7.49. The number of carbonyl (C=O) groups is 2. The van der Waals surface area contributed by atoms with Gasteiger partial charge in [0.1, 0.15) is 11.6 Å². The van der Waals surface area contributed by atoms with Gasteiger partial charge in [-0.05, 0) is 0 Å². The second-order valence-electron chi connectivity index (χ2n) is 2.37. The molecule has 0 bridgehead atoms. The predicted octanol–water partition coefficient (Wildman–Crippen LogP) is 1.94. The van der Waals surface area contributed by atoms with E-state index in [9.17, 15) is 9.59 Å². The lowest BCUT2D eigenvalue weighted by atomic mass is 10.1. The first-order chi connectivity index (χ1) is 5.20. The smallest absolute Gasteiger partial charge is 0.134 e. The summed E-state index contributed by atoms with van der Waals surface area (Å²) in [5.41, 5.74) is 0. The van der Waals surface area contributed by atoms with Crippen LogP contribution in [0.25, 0.3) is 0 Å². The number of rotatable bonds is 6. The molecule has 2 nitrogen and oxygen atoms in total. The van der Waals surface area contributed by atoms with Crippen LogP contribution in [-0.4, -0.2) is 17.4 Å². The second-order valence-corrected chi connectivity index (χ2v) is 2.75. The average molecular weight is 177 g/mol. The van der Waals surface area contributed by atoms with E-state index in [2.05, 4.69) is 0 Å². The Morgan fingerprint density at radius 2 is 1.64 bits per heavy atom.